The number of nitrogens with one attached hydrogen (secondary N) is 1. The van der Waals surface area contributed by atoms with Crippen LogP contribution in [0.3, 0.4) is 0 Å². The van der Waals surface area contributed by atoms with Gasteiger partial charge in [0.25, 0.3) is 0 Å². The summed E-state index contributed by atoms with van der Waals surface area (Å²) < 4.78 is 0. The van der Waals surface area contributed by atoms with E-state index in [4.69, 9.17) is 0 Å². The van der Waals surface area contributed by atoms with Crippen LogP contribution < -0.4 is 10.2 Å². The van der Waals surface area contributed by atoms with Gasteiger partial charge in [0, 0.05) is 17.8 Å². The first-order chi connectivity index (χ1) is 10.8. The summed E-state index contributed by atoms with van der Waals surface area (Å²) in [6.45, 7) is 6.35. The molecule has 0 bridgehead atoms. The largest absolute Gasteiger partial charge is 0.351 e. The molecule has 4 heteroatoms. The van der Waals surface area contributed by atoms with Crippen molar-refractivity contribution in [2.75, 3.05) is 11.4 Å². The van der Waals surface area contributed by atoms with Crippen LogP contribution in [0.2, 0.25) is 0 Å². The van der Waals surface area contributed by atoms with Gasteiger partial charge in [-0.15, -0.1) is 0 Å². The highest BCUT2D eigenvalue weighted by molar-refractivity contribution is 6.10. The van der Waals surface area contributed by atoms with E-state index < -0.39 is 5.92 Å². The number of hydrogen-bond donors (Lipinski definition) is 1. The molecular formula is C19H22N2O2. The van der Waals surface area contributed by atoms with Crippen molar-refractivity contribution < 1.29 is 9.59 Å². The Hall–Kier alpha value is -2.36. The molecule has 0 aliphatic carbocycles. The summed E-state index contributed by atoms with van der Waals surface area (Å²) in [6, 6.07) is 14.0. The summed E-state index contributed by atoms with van der Waals surface area (Å²) in [5.74, 6) is -0.867. The Kier molecular flexibility index (Phi) is 3.84. The topological polar surface area (TPSA) is 49.4 Å². The van der Waals surface area contributed by atoms with Gasteiger partial charge in [-0.05, 0) is 50.1 Å². The molecule has 1 saturated heterocycles. The lowest BCUT2D eigenvalue weighted by atomic mass is 10.0. The molecule has 0 saturated carbocycles. The molecule has 2 aromatic rings. The van der Waals surface area contributed by atoms with E-state index >= 15 is 0 Å². The summed E-state index contributed by atoms with van der Waals surface area (Å²) in [5, 5.41) is 5.15. The monoisotopic (exact) mass is 310 g/mol. The number of fused-ring (bicyclic) bond motifs is 1. The number of benzene rings is 2. The van der Waals surface area contributed by atoms with Gasteiger partial charge < -0.3 is 10.2 Å². The average molecular weight is 310 g/mol. The number of carbonyl (C=O) groups excluding carboxylic acids is 2. The lowest BCUT2D eigenvalue weighted by Gasteiger charge is -2.23. The van der Waals surface area contributed by atoms with Gasteiger partial charge in [0.1, 0.15) is 5.92 Å². The molecule has 2 aromatic carbocycles. The highest BCUT2D eigenvalue weighted by Crippen LogP contribution is 2.28. The van der Waals surface area contributed by atoms with Crippen molar-refractivity contribution in [1.82, 2.24) is 5.32 Å². The average Bonchev–Trinajstić information content (AvgIpc) is 2.87. The van der Waals surface area contributed by atoms with Gasteiger partial charge in [-0.25, -0.2) is 0 Å². The third-order valence-corrected chi connectivity index (χ3v) is 4.06. The van der Waals surface area contributed by atoms with E-state index in [-0.39, 0.29) is 17.4 Å². The molecule has 2 amide bonds. The molecule has 120 valence electrons. The predicted molar refractivity (Wildman–Crippen MR) is 92.3 cm³/mol. The van der Waals surface area contributed by atoms with Crippen molar-refractivity contribution in [3.8, 4) is 0 Å². The van der Waals surface area contributed by atoms with Crippen LogP contribution in [0.1, 0.15) is 27.2 Å². The van der Waals surface area contributed by atoms with Gasteiger partial charge in [-0.3, -0.25) is 9.59 Å². The van der Waals surface area contributed by atoms with Crippen LogP contribution in [0, 0.1) is 5.92 Å². The number of anilines is 1. The maximum atomic E-state index is 12.6. The minimum absolute atomic E-state index is 0.109. The lowest BCUT2D eigenvalue weighted by Crippen LogP contribution is -2.45. The molecule has 1 atom stereocenters. The van der Waals surface area contributed by atoms with E-state index in [0.29, 0.717) is 13.0 Å². The summed E-state index contributed by atoms with van der Waals surface area (Å²) in [5.41, 5.74) is 0.535. The van der Waals surface area contributed by atoms with E-state index in [0.717, 1.165) is 16.5 Å². The third-order valence-electron chi connectivity index (χ3n) is 4.06. The van der Waals surface area contributed by atoms with Gasteiger partial charge in [-0.2, -0.15) is 0 Å². The molecule has 0 aromatic heterocycles. The Morgan fingerprint density at radius 2 is 1.83 bits per heavy atom. The van der Waals surface area contributed by atoms with Crippen molar-refractivity contribution in [3.05, 3.63) is 42.5 Å². The van der Waals surface area contributed by atoms with Gasteiger partial charge >= 0.3 is 0 Å². The highest BCUT2D eigenvalue weighted by Gasteiger charge is 2.38. The normalized spacial score (nSPS) is 18.5. The standard InChI is InChI=1S/C19H22N2O2/c1-19(2,3)20-17(22)16-10-11-21(18(16)23)15-9-8-13-6-4-5-7-14(13)12-15/h4-9,12,16H,10-11H2,1-3H3,(H,20,22). The molecule has 1 N–H and O–H groups in total. The zero-order valence-electron chi connectivity index (χ0n) is 13.8. The van der Waals surface area contributed by atoms with Crippen LogP contribution in [0.15, 0.2) is 42.5 Å². The van der Waals surface area contributed by atoms with Crippen LogP contribution in [0.4, 0.5) is 5.69 Å². The summed E-state index contributed by atoms with van der Waals surface area (Å²) in [7, 11) is 0. The summed E-state index contributed by atoms with van der Waals surface area (Å²) in [4.78, 5) is 26.7. The molecule has 0 spiro atoms. The van der Waals surface area contributed by atoms with Gasteiger partial charge in [0.15, 0.2) is 0 Å². The number of hydrogen-bond acceptors (Lipinski definition) is 2. The Morgan fingerprint density at radius 3 is 2.52 bits per heavy atom. The maximum absolute atomic E-state index is 12.6. The van der Waals surface area contributed by atoms with Crippen molar-refractivity contribution in [2.45, 2.75) is 32.7 Å². The van der Waals surface area contributed by atoms with Gasteiger partial charge in [0.05, 0.1) is 0 Å². The van der Waals surface area contributed by atoms with Crippen molar-refractivity contribution in [3.63, 3.8) is 0 Å². The summed E-state index contributed by atoms with van der Waals surface area (Å²) in [6.07, 6.45) is 0.563. The van der Waals surface area contributed by atoms with Crippen LogP contribution in [0.25, 0.3) is 10.8 Å². The molecular weight excluding hydrogens is 288 g/mol. The maximum Gasteiger partial charge on any atom is 0.239 e. The highest BCUT2D eigenvalue weighted by atomic mass is 16.2. The van der Waals surface area contributed by atoms with Gasteiger partial charge in [-0.1, -0.05) is 30.3 Å². The molecule has 1 aliphatic heterocycles. The Morgan fingerprint density at radius 1 is 1.13 bits per heavy atom. The van der Waals surface area contributed by atoms with Crippen LogP contribution in [-0.4, -0.2) is 23.9 Å². The van der Waals surface area contributed by atoms with E-state index in [1.165, 1.54) is 0 Å². The molecule has 0 radical (unpaired) electrons. The Labute approximate surface area is 136 Å². The zero-order chi connectivity index (χ0) is 16.6. The fourth-order valence-corrected chi connectivity index (χ4v) is 2.98. The first kappa shape index (κ1) is 15.5. The van der Waals surface area contributed by atoms with E-state index in [1.54, 1.807) is 4.90 Å². The van der Waals surface area contributed by atoms with Crippen LogP contribution in [-0.2, 0) is 9.59 Å². The van der Waals surface area contributed by atoms with Crippen LogP contribution >= 0.6 is 0 Å². The quantitative estimate of drug-likeness (QED) is 0.867. The number of nitrogens with zero attached hydrogens (tertiary/aromatic N) is 1. The second-order valence-electron chi connectivity index (χ2n) is 7.10. The second kappa shape index (κ2) is 5.69. The summed E-state index contributed by atoms with van der Waals surface area (Å²) >= 11 is 0. The molecule has 1 unspecified atom stereocenters. The number of rotatable bonds is 2. The fraction of sp³-hybridized carbons (Fsp3) is 0.368. The second-order valence-corrected chi connectivity index (χ2v) is 7.10. The fourth-order valence-electron chi connectivity index (χ4n) is 2.98. The van der Waals surface area contributed by atoms with Gasteiger partial charge in [0.2, 0.25) is 11.8 Å². The molecule has 1 heterocycles. The van der Waals surface area contributed by atoms with E-state index in [1.807, 2.05) is 63.2 Å². The molecule has 1 aliphatic rings. The lowest BCUT2D eigenvalue weighted by molar-refractivity contribution is -0.133. The van der Waals surface area contributed by atoms with Crippen LogP contribution in [0.5, 0.6) is 0 Å². The molecule has 1 fully saturated rings. The first-order valence-corrected chi connectivity index (χ1v) is 7.97. The van der Waals surface area contributed by atoms with Crippen molar-refractivity contribution in [2.24, 2.45) is 5.92 Å². The number of amides is 2. The molecule has 3 rings (SSSR count). The Balaban J connectivity index is 1.81. The predicted octanol–water partition coefficient (Wildman–Crippen LogP) is 3.11. The van der Waals surface area contributed by atoms with E-state index in [2.05, 4.69) is 5.32 Å². The minimum atomic E-state index is -0.583. The number of carbonyl (C=O) groups is 2. The minimum Gasteiger partial charge on any atom is -0.351 e. The van der Waals surface area contributed by atoms with Crippen molar-refractivity contribution >= 4 is 28.3 Å². The smallest absolute Gasteiger partial charge is 0.239 e. The van der Waals surface area contributed by atoms with Crippen molar-refractivity contribution in [1.29, 1.82) is 0 Å². The third kappa shape index (κ3) is 3.21. The molecule has 23 heavy (non-hydrogen) atoms. The first-order valence-electron chi connectivity index (χ1n) is 7.97. The molecule has 4 nitrogen and oxygen atoms in total. The van der Waals surface area contributed by atoms with E-state index in [9.17, 15) is 9.59 Å². The SMILES string of the molecule is CC(C)(C)NC(=O)C1CCN(c2ccc3ccccc3c2)C1=O. The zero-order valence-corrected chi connectivity index (χ0v) is 13.8. The Bertz CT molecular complexity index is 761.